The number of carbonyl (C=O) groups excluding carboxylic acids is 2. The Balaban J connectivity index is 1.53. The highest BCUT2D eigenvalue weighted by atomic mass is 16.4. The maximum Gasteiger partial charge on any atom is 0.420 e. The minimum Gasteiger partial charge on any atom is -0.408 e. The van der Waals surface area contributed by atoms with Gasteiger partial charge in [-0.3, -0.25) is 14.2 Å². The number of hydrogen-bond donors (Lipinski definition) is 0. The third-order valence-corrected chi connectivity index (χ3v) is 5.27. The van der Waals surface area contributed by atoms with Crippen molar-refractivity contribution >= 4 is 22.9 Å². The zero-order valence-electron chi connectivity index (χ0n) is 13.5. The van der Waals surface area contributed by atoms with E-state index in [4.69, 9.17) is 4.42 Å². The van der Waals surface area contributed by atoms with Gasteiger partial charge in [-0.05, 0) is 24.5 Å². The molecule has 0 saturated carbocycles. The monoisotopic (exact) mass is 329 g/mol. The summed E-state index contributed by atoms with van der Waals surface area (Å²) in [6.07, 6.45) is 1.41. The number of hydrogen-bond acceptors (Lipinski definition) is 4. The van der Waals surface area contributed by atoms with Crippen LogP contribution in [0.4, 0.5) is 0 Å². The molecule has 1 aromatic heterocycles. The van der Waals surface area contributed by atoms with E-state index in [-0.39, 0.29) is 24.4 Å². The van der Waals surface area contributed by atoms with E-state index in [9.17, 15) is 14.4 Å². The van der Waals surface area contributed by atoms with Crippen molar-refractivity contribution < 1.29 is 14.0 Å². The molecule has 1 aromatic carbocycles. The Morgan fingerprint density at radius 1 is 1.29 bits per heavy atom. The minimum absolute atomic E-state index is 0.0368. The van der Waals surface area contributed by atoms with Gasteiger partial charge < -0.3 is 14.2 Å². The number of nitrogens with zero attached hydrogens (tertiary/aromatic N) is 3. The zero-order valence-corrected chi connectivity index (χ0v) is 13.5. The number of benzene rings is 1. The van der Waals surface area contributed by atoms with Gasteiger partial charge in [-0.25, -0.2) is 4.79 Å². The predicted octanol–water partition coefficient (Wildman–Crippen LogP) is 0.674. The molecule has 0 aliphatic carbocycles. The first-order valence-corrected chi connectivity index (χ1v) is 8.16. The van der Waals surface area contributed by atoms with Crippen LogP contribution in [0.1, 0.15) is 12.8 Å². The summed E-state index contributed by atoms with van der Waals surface area (Å²) < 4.78 is 6.54. The SMILES string of the molecule is CN1C(=O)C[C@H]2CCN(C(=O)Cn3c(=O)oc4ccccc43)C[C@H]21. The third-order valence-electron chi connectivity index (χ3n) is 5.27. The van der Waals surface area contributed by atoms with Crippen LogP contribution in [0.25, 0.3) is 11.1 Å². The van der Waals surface area contributed by atoms with Crippen molar-refractivity contribution in [1.29, 1.82) is 0 Å². The molecule has 2 saturated heterocycles. The van der Waals surface area contributed by atoms with Crippen LogP contribution >= 0.6 is 0 Å². The van der Waals surface area contributed by atoms with Crippen molar-refractivity contribution in [3.63, 3.8) is 0 Å². The van der Waals surface area contributed by atoms with Gasteiger partial charge in [0.15, 0.2) is 5.58 Å². The normalized spacial score (nSPS) is 23.8. The van der Waals surface area contributed by atoms with E-state index in [2.05, 4.69) is 0 Å². The zero-order chi connectivity index (χ0) is 16.8. The third kappa shape index (κ3) is 2.31. The maximum absolute atomic E-state index is 12.7. The number of likely N-dealkylation sites (tertiary alicyclic amines) is 2. The molecule has 3 heterocycles. The van der Waals surface area contributed by atoms with E-state index in [1.54, 1.807) is 35.0 Å². The number of fused-ring (bicyclic) bond motifs is 2. The number of likely N-dealkylation sites (N-methyl/N-ethyl adjacent to an activating group) is 1. The number of para-hydroxylation sites is 2. The molecule has 24 heavy (non-hydrogen) atoms. The number of rotatable bonds is 2. The molecular formula is C17H19N3O4. The number of piperidine rings is 1. The number of aromatic nitrogens is 1. The van der Waals surface area contributed by atoms with Crippen molar-refractivity contribution in [2.24, 2.45) is 5.92 Å². The largest absolute Gasteiger partial charge is 0.420 e. The van der Waals surface area contributed by atoms with Crippen LogP contribution in [0.2, 0.25) is 0 Å². The molecule has 2 aliphatic heterocycles. The molecule has 0 spiro atoms. The molecule has 7 nitrogen and oxygen atoms in total. The lowest BCUT2D eigenvalue weighted by Crippen LogP contribution is -2.50. The molecule has 2 aromatic rings. The first kappa shape index (κ1) is 15.0. The fourth-order valence-corrected chi connectivity index (χ4v) is 3.84. The summed E-state index contributed by atoms with van der Waals surface area (Å²) >= 11 is 0. The van der Waals surface area contributed by atoms with Crippen LogP contribution in [0.5, 0.6) is 0 Å². The first-order chi connectivity index (χ1) is 11.5. The molecule has 7 heteroatoms. The van der Waals surface area contributed by atoms with Crippen molar-refractivity contribution in [3.05, 3.63) is 34.8 Å². The highest BCUT2D eigenvalue weighted by molar-refractivity contribution is 5.81. The summed E-state index contributed by atoms with van der Waals surface area (Å²) in [5, 5.41) is 0. The molecule has 0 bridgehead atoms. The molecule has 2 aliphatic rings. The van der Waals surface area contributed by atoms with Crippen LogP contribution in [-0.4, -0.2) is 52.4 Å². The summed E-state index contributed by atoms with van der Waals surface area (Å²) in [5.41, 5.74) is 1.11. The fourth-order valence-electron chi connectivity index (χ4n) is 3.84. The lowest BCUT2D eigenvalue weighted by atomic mass is 9.92. The molecule has 0 radical (unpaired) electrons. The maximum atomic E-state index is 12.7. The van der Waals surface area contributed by atoms with Crippen LogP contribution in [0.15, 0.2) is 33.5 Å². The molecule has 2 fully saturated rings. The van der Waals surface area contributed by atoms with Crippen LogP contribution in [0, 0.1) is 5.92 Å². The van der Waals surface area contributed by atoms with Crippen LogP contribution in [0.3, 0.4) is 0 Å². The van der Waals surface area contributed by atoms with E-state index in [1.807, 2.05) is 6.07 Å². The van der Waals surface area contributed by atoms with Gasteiger partial charge in [0.05, 0.1) is 11.6 Å². The van der Waals surface area contributed by atoms with Crippen LogP contribution < -0.4 is 5.76 Å². The van der Waals surface area contributed by atoms with E-state index >= 15 is 0 Å². The quantitative estimate of drug-likeness (QED) is 0.812. The fraction of sp³-hybridized carbons (Fsp3) is 0.471. The van der Waals surface area contributed by atoms with Crippen LogP contribution in [-0.2, 0) is 16.1 Å². The summed E-state index contributed by atoms with van der Waals surface area (Å²) in [6.45, 7) is 1.13. The summed E-state index contributed by atoms with van der Waals surface area (Å²) in [5.74, 6) is -0.150. The molecule has 0 N–H and O–H groups in total. The first-order valence-electron chi connectivity index (χ1n) is 8.16. The Labute approximate surface area is 138 Å². The Hall–Kier alpha value is -2.57. The van der Waals surface area contributed by atoms with Gasteiger partial charge in [-0.1, -0.05) is 12.1 Å². The molecule has 126 valence electrons. The van der Waals surface area contributed by atoms with Gasteiger partial charge in [-0.2, -0.15) is 0 Å². The van der Waals surface area contributed by atoms with Gasteiger partial charge in [-0.15, -0.1) is 0 Å². The topological polar surface area (TPSA) is 75.8 Å². The molecular weight excluding hydrogens is 310 g/mol. The second kappa shape index (κ2) is 5.51. The predicted molar refractivity (Wildman–Crippen MR) is 86.3 cm³/mol. The Bertz CT molecular complexity index is 868. The standard InChI is InChI=1S/C17H19N3O4/c1-18-13-9-19(7-6-11(13)8-15(18)21)16(22)10-20-12-4-2-3-5-14(12)24-17(20)23/h2-5,11,13H,6-10H2,1H3/t11-,13-/m1/s1. The van der Waals surface area contributed by atoms with E-state index in [1.165, 1.54) is 4.57 Å². The summed E-state index contributed by atoms with van der Waals surface area (Å²) in [4.78, 5) is 40.0. The average molecular weight is 329 g/mol. The van der Waals surface area contributed by atoms with Gasteiger partial charge in [0.1, 0.15) is 6.54 Å². The second-order valence-electron chi connectivity index (χ2n) is 6.59. The van der Waals surface area contributed by atoms with Crippen molar-refractivity contribution in [1.82, 2.24) is 14.4 Å². The second-order valence-corrected chi connectivity index (χ2v) is 6.59. The Kier molecular flexibility index (Phi) is 3.44. The van der Waals surface area contributed by atoms with E-state index in [0.29, 0.717) is 36.5 Å². The number of carbonyl (C=O) groups is 2. The molecule has 0 unspecified atom stereocenters. The lowest BCUT2D eigenvalue weighted by Gasteiger charge is -2.37. The van der Waals surface area contributed by atoms with Gasteiger partial charge in [0, 0.05) is 26.6 Å². The Morgan fingerprint density at radius 3 is 2.92 bits per heavy atom. The van der Waals surface area contributed by atoms with Crippen molar-refractivity contribution in [2.45, 2.75) is 25.4 Å². The van der Waals surface area contributed by atoms with E-state index in [0.717, 1.165) is 6.42 Å². The highest BCUT2D eigenvalue weighted by Gasteiger charge is 2.41. The summed E-state index contributed by atoms with van der Waals surface area (Å²) in [6, 6.07) is 7.16. The lowest BCUT2D eigenvalue weighted by molar-refractivity contribution is -0.135. The van der Waals surface area contributed by atoms with Gasteiger partial charge in [0.2, 0.25) is 11.8 Å². The van der Waals surface area contributed by atoms with Gasteiger partial charge in [0.25, 0.3) is 0 Å². The van der Waals surface area contributed by atoms with E-state index < -0.39 is 5.76 Å². The van der Waals surface area contributed by atoms with Crippen molar-refractivity contribution in [3.8, 4) is 0 Å². The minimum atomic E-state index is -0.521. The molecule has 2 amide bonds. The smallest absolute Gasteiger partial charge is 0.408 e. The average Bonchev–Trinajstić information content (AvgIpc) is 3.04. The molecule has 4 rings (SSSR count). The summed E-state index contributed by atoms with van der Waals surface area (Å²) in [7, 11) is 1.80. The highest BCUT2D eigenvalue weighted by Crippen LogP contribution is 2.31. The number of amides is 2. The Morgan fingerprint density at radius 2 is 2.08 bits per heavy atom. The van der Waals surface area contributed by atoms with Crippen molar-refractivity contribution in [2.75, 3.05) is 20.1 Å². The number of oxazole rings is 1. The van der Waals surface area contributed by atoms with Gasteiger partial charge >= 0.3 is 5.76 Å². The molecule has 2 atom stereocenters.